The highest BCUT2D eigenvalue weighted by atomic mass is 28.6. The summed E-state index contributed by atoms with van der Waals surface area (Å²) in [7, 11) is -50.2. The van der Waals surface area contributed by atoms with E-state index < -0.39 is 225 Å². The molecule has 0 saturated carbocycles. The summed E-state index contributed by atoms with van der Waals surface area (Å²) < 4.78 is 147. The zero-order valence-corrected chi connectivity index (χ0v) is 103. The van der Waals surface area contributed by atoms with Crippen molar-refractivity contribution >= 4 is 225 Å². The standard InChI is InChI=1S/C12H36O6Si6.C11H32O4Si5.C8H24O4Si4.C8H26O3Si4.C6H18O3Si3.C5H16O4Si3.C3H10OSi/c1-19(2)13-20(3,4)15-22(7,8)17-24(11,12)18-23(9,10)16-21(5,6)14-19;1-16(2)11-17(3,4)13-19(7,8)15-20(9,10)14-18(5,6)12-16;1-13(2)9-14(3,4)11-16(7,8)12-15(5,6)10-13;1-12(2)9-14(5,6)11-15(7,8)10-13(3)4;1-10(2)7-11(3,4)9-12(5,6)8-10;1-5-6-10(2)8-12(4)9-11(3)7-5;1-5(2,3)4/h1-12H3;11H2,1-10H3;1-8H3;12-13H,1-8H3;1-6H3;5,10-12H,1-4H3;4H,1-3H3. The summed E-state index contributed by atoms with van der Waals surface area (Å²) in [6.45, 7) is 107. The van der Waals surface area contributed by atoms with Gasteiger partial charge in [0, 0.05) is 0 Å². The molecule has 0 spiro atoms. The van der Waals surface area contributed by atoms with Crippen LogP contribution in [0.25, 0.3) is 0 Å². The average Bonchev–Trinajstić information content (AvgIpc) is 0.809. The maximum atomic E-state index is 8.66. The first-order valence-electron chi connectivity index (χ1n) is 37.2. The van der Waals surface area contributed by atoms with Crippen molar-refractivity contribution in [1.82, 2.24) is 0 Å². The van der Waals surface area contributed by atoms with Gasteiger partial charge in [-0.05, 0) is 340 Å². The van der Waals surface area contributed by atoms with E-state index in [1.165, 1.54) is 0 Å². The fraction of sp³-hybridized carbons (Fsp3) is 1.00. The Morgan fingerprint density at radius 3 is 0.548 bits per heavy atom. The maximum Gasteiger partial charge on any atom is 0.314 e. The first kappa shape index (κ1) is 111. The normalized spacial score (nSPS) is 29.6. The largest absolute Gasteiger partial charge is 0.440 e. The molecule has 5 fully saturated rings. The maximum absolute atomic E-state index is 8.66. The predicted octanol–water partition coefficient (Wildman–Crippen LogP) is 16.6. The third kappa shape index (κ3) is 56.9. The second-order valence-corrected chi connectivity index (χ2v) is 128. The molecule has 51 heteroatoms. The molecule has 628 valence electrons. The van der Waals surface area contributed by atoms with Crippen molar-refractivity contribution in [3.05, 3.63) is 0 Å². The highest BCUT2D eigenvalue weighted by molar-refractivity contribution is 6.99. The Hall–Kier alpha value is 4.64. The molecule has 0 aromatic carbocycles. The first-order valence-corrected chi connectivity index (χ1v) is 109. The highest BCUT2D eigenvalue weighted by Gasteiger charge is 2.55. The molecule has 2 atom stereocenters. The van der Waals surface area contributed by atoms with Gasteiger partial charge in [-0.25, -0.2) is 0 Å². The Morgan fingerprint density at radius 1 is 0.279 bits per heavy atom. The molecule has 0 aromatic rings. The lowest BCUT2D eigenvalue weighted by atomic mass is 10.8. The molecule has 2 unspecified atom stereocenters. The zero-order chi connectivity index (χ0) is 83.6. The molecule has 0 bridgehead atoms. The van der Waals surface area contributed by atoms with Gasteiger partial charge in [0.25, 0.3) is 9.28 Å². The van der Waals surface area contributed by atoms with E-state index in [2.05, 4.69) is 288 Å². The average molecular weight is 1930 g/mol. The molecular formula is C53H162O25Si26. The van der Waals surface area contributed by atoms with E-state index in [0.29, 0.717) is 0 Å². The van der Waals surface area contributed by atoms with Crippen molar-refractivity contribution in [2.75, 3.05) is 0 Å². The monoisotopic (exact) mass is 1930 g/mol. The van der Waals surface area contributed by atoms with E-state index >= 15 is 0 Å². The molecule has 5 aliphatic rings. The van der Waals surface area contributed by atoms with Crippen LogP contribution < -0.4 is 0 Å². The van der Waals surface area contributed by atoms with Crippen LogP contribution in [0.1, 0.15) is 6.92 Å². The summed E-state index contributed by atoms with van der Waals surface area (Å²) in [5.41, 5.74) is 1.10. The van der Waals surface area contributed by atoms with E-state index in [1.807, 2.05) is 46.2 Å². The van der Waals surface area contributed by atoms with Gasteiger partial charge < -0.3 is 104 Å². The molecule has 0 radical (unpaired) electrons. The minimum absolute atomic E-state index is 0.144. The van der Waals surface area contributed by atoms with Crippen molar-refractivity contribution in [1.29, 1.82) is 0 Å². The van der Waals surface area contributed by atoms with E-state index in [-0.39, 0.29) is 6.29 Å². The molecular weight excluding hydrogens is 1770 g/mol. The van der Waals surface area contributed by atoms with Gasteiger partial charge in [-0.15, -0.1) is 0 Å². The fourth-order valence-electron chi connectivity index (χ4n) is 14.6. The number of rotatable bonds is 6. The van der Waals surface area contributed by atoms with Gasteiger partial charge >= 0.3 is 173 Å². The SMILES string of the molecule is CC1O[SiH](C)O[SiH](C)O[SiH](C)O1.C[SiH](C)O[Si](C)(C)O[Si](C)(C)O[SiH](C)C.C[Si](C)(C)O.C[Si]1(C)C[Si](C)(C)O[Si](C)(C)O[Si](C)(C)O[Si](C)(C)O1.C[Si]1(C)O[Si](C)(C)O[Si](C)(C)O1.C[Si]1(C)O[Si](C)(C)O[Si](C)(C)O[Si](C)(C)O1.C[Si]1(C)O[Si](C)(C)O[Si](C)(C)O[Si](C)(C)O[Si](C)(C)O[Si](C)(C)O1. The van der Waals surface area contributed by atoms with Crippen molar-refractivity contribution in [3.8, 4) is 0 Å². The smallest absolute Gasteiger partial charge is 0.314 e. The zero-order valence-electron chi connectivity index (χ0n) is 75.9. The molecule has 0 aliphatic carbocycles. The Labute approximate surface area is 669 Å². The van der Waals surface area contributed by atoms with Crippen LogP contribution in [-0.2, 0) is 99.4 Å². The van der Waals surface area contributed by atoms with Gasteiger partial charge in [-0.3, -0.25) is 0 Å². The third-order valence-corrected chi connectivity index (χ3v) is 106. The van der Waals surface area contributed by atoms with Crippen LogP contribution >= 0.6 is 0 Å². The Balaban J connectivity index is 0. The fourth-order valence-corrected chi connectivity index (χ4v) is 137. The van der Waals surface area contributed by atoms with Crippen molar-refractivity contribution in [2.24, 2.45) is 0 Å². The van der Waals surface area contributed by atoms with E-state index in [9.17, 15) is 0 Å². The Morgan fingerprint density at radius 2 is 0.413 bits per heavy atom. The molecule has 1 N–H and O–H groups in total. The van der Waals surface area contributed by atoms with E-state index in [0.717, 1.165) is 5.67 Å². The molecule has 0 amide bonds. The topological polar surface area (TPSA) is 242 Å². The summed E-state index contributed by atoms with van der Waals surface area (Å²) in [6.07, 6.45) is -0.144. The summed E-state index contributed by atoms with van der Waals surface area (Å²) in [5, 5.41) is 0. The minimum atomic E-state index is -2.38. The van der Waals surface area contributed by atoms with E-state index in [4.69, 9.17) is 104 Å². The molecule has 0 aromatic heterocycles. The Kier molecular flexibility index (Phi) is 43.2. The summed E-state index contributed by atoms with van der Waals surface area (Å²) in [6, 6.07) is 0. The van der Waals surface area contributed by atoms with Gasteiger partial charge in [0.1, 0.15) is 6.29 Å². The van der Waals surface area contributed by atoms with E-state index in [1.54, 1.807) is 0 Å². The third-order valence-electron chi connectivity index (χ3n) is 12.3. The van der Waals surface area contributed by atoms with Crippen LogP contribution in [-0.4, -0.2) is 236 Å². The van der Waals surface area contributed by atoms with Gasteiger partial charge in [-0.2, -0.15) is 0 Å². The second kappa shape index (κ2) is 40.6. The molecule has 25 nitrogen and oxygen atoms in total. The van der Waals surface area contributed by atoms with Crippen LogP contribution in [0.5, 0.6) is 0 Å². The lowest BCUT2D eigenvalue weighted by Crippen LogP contribution is -2.64. The summed E-state index contributed by atoms with van der Waals surface area (Å²) >= 11 is 0. The lowest BCUT2D eigenvalue weighted by Gasteiger charge is -2.46. The van der Waals surface area contributed by atoms with Gasteiger partial charge in [-0.1, -0.05) is 0 Å². The highest BCUT2D eigenvalue weighted by Crippen LogP contribution is 2.36. The van der Waals surface area contributed by atoms with Gasteiger partial charge in [0.2, 0.25) is 0 Å². The molecule has 5 aliphatic heterocycles. The first-order chi connectivity index (χ1) is 44.8. The molecule has 5 heterocycles. The molecule has 5 rings (SSSR count). The van der Waals surface area contributed by atoms with Crippen LogP contribution in [0, 0.1) is 0 Å². The minimum Gasteiger partial charge on any atom is -0.440 e. The molecule has 104 heavy (non-hydrogen) atoms. The van der Waals surface area contributed by atoms with Crippen LogP contribution in [0.15, 0.2) is 0 Å². The number of hydrogen-bond acceptors (Lipinski definition) is 25. The van der Waals surface area contributed by atoms with Crippen molar-refractivity contribution < 1.29 is 104 Å². The van der Waals surface area contributed by atoms with Crippen molar-refractivity contribution in [3.63, 3.8) is 0 Å². The van der Waals surface area contributed by atoms with Crippen molar-refractivity contribution in [2.45, 2.75) is 346 Å². The quantitative estimate of drug-likeness (QED) is 0.243. The number of hydrogen-bond donors (Lipinski definition) is 1. The summed E-state index contributed by atoms with van der Waals surface area (Å²) in [5.74, 6) is 0. The summed E-state index contributed by atoms with van der Waals surface area (Å²) in [4.78, 5) is 8.66. The van der Waals surface area contributed by atoms with Crippen LogP contribution in [0.4, 0.5) is 0 Å². The van der Waals surface area contributed by atoms with Crippen LogP contribution in [0.2, 0.25) is 333 Å². The van der Waals surface area contributed by atoms with Gasteiger partial charge in [0.05, 0.1) is 0 Å². The lowest BCUT2D eigenvalue weighted by molar-refractivity contribution is -0.0132. The molecule has 5 saturated heterocycles. The van der Waals surface area contributed by atoms with Crippen LogP contribution in [0.3, 0.4) is 0 Å². The predicted molar refractivity (Wildman–Crippen MR) is 492 cm³/mol. The Bertz CT molecular complexity index is 2150. The second-order valence-electron chi connectivity index (χ2n) is 38.0. The van der Waals surface area contributed by atoms with Gasteiger partial charge in [0.15, 0.2) is 43.0 Å².